The molecule has 0 aliphatic heterocycles. The van der Waals surface area contributed by atoms with Gasteiger partial charge < -0.3 is 9.47 Å². The van der Waals surface area contributed by atoms with Crippen LogP contribution >= 0.6 is 0 Å². The molecule has 1 aromatic heterocycles. The van der Waals surface area contributed by atoms with Crippen LogP contribution in [0.25, 0.3) is 5.69 Å². The van der Waals surface area contributed by atoms with Gasteiger partial charge in [0, 0.05) is 37.2 Å². The van der Waals surface area contributed by atoms with E-state index in [-0.39, 0.29) is 5.91 Å². The maximum absolute atomic E-state index is 12.5. The molecule has 3 nitrogen and oxygen atoms in total. The molecule has 0 spiro atoms. The summed E-state index contributed by atoms with van der Waals surface area (Å²) in [5, 5.41) is 0. The highest BCUT2D eigenvalue weighted by Crippen LogP contribution is 2.13. The summed E-state index contributed by atoms with van der Waals surface area (Å²) in [4.78, 5) is 14.3. The van der Waals surface area contributed by atoms with Crippen molar-refractivity contribution in [1.82, 2.24) is 9.47 Å². The van der Waals surface area contributed by atoms with Crippen LogP contribution in [0.3, 0.4) is 0 Å². The van der Waals surface area contributed by atoms with Crippen molar-refractivity contribution in [3.63, 3.8) is 0 Å². The van der Waals surface area contributed by atoms with Crippen LogP contribution < -0.4 is 0 Å². The van der Waals surface area contributed by atoms with Crippen molar-refractivity contribution in [3.8, 4) is 5.69 Å². The first kappa shape index (κ1) is 15.1. The van der Waals surface area contributed by atoms with Gasteiger partial charge in [0.15, 0.2) is 0 Å². The zero-order chi connectivity index (χ0) is 16.2. The van der Waals surface area contributed by atoms with Crippen LogP contribution in [-0.4, -0.2) is 22.4 Å². The van der Waals surface area contributed by atoms with Gasteiger partial charge in [-0.1, -0.05) is 29.8 Å². The van der Waals surface area contributed by atoms with Gasteiger partial charge in [-0.25, -0.2) is 0 Å². The maximum atomic E-state index is 12.5. The highest BCUT2D eigenvalue weighted by molar-refractivity contribution is 5.94. The van der Waals surface area contributed by atoms with E-state index in [0.717, 1.165) is 11.3 Å². The number of carbonyl (C=O) groups is 1. The Bertz CT molecular complexity index is 772. The molecule has 0 radical (unpaired) electrons. The zero-order valence-electron chi connectivity index (χ0n) is 13.4. The van der Waals surface area contributed by atoms with Gasteiger partial charge in [0.2, 0.25) is 0 Å². The Labute approximate surface area is 136 Å². The largest absolute Gasteiger partial charge is 0.337 e. The third-order valence-corrected chi connectivity index (χ3v) is 3.90. The summed E-state index contributed by atoms with van der Waals surface area (Å²) in [5.74, 6) is 0.0321. The number of aromatic nitrogens is 1. The lowest BCUT2D eigenvalue weighted by atomic mass is 10.1. The van der Waals surface area contributed by atoms with E-state index in [0.29, 0.717) is 12.1 Å². The maximum Gasteiger partial charge on any atom is 0.253 e. The van der Waals surface area contributed by atoms with Crippen molar-refractivity contribution < 1.29 is 4.79 Å². The molecule has 0 saturated carbocycles. The number of rotatable bonds is 4. The second kappa shape index (κ2) is 6.53. The van der Waals surface area contributed by atoms with Crippen molar-refractivity contribution in [2.45, 2.75) is 13.5 Å². The van der Waals surface area contributed by atoms with E-state index in [1.165, 1.54) is 5.56 Å². The standard InChI is InChI=1S/C20H20N2O/c1-16-5-7-17(8-6-16)15-21(2)20(23)18-9-11-19(12-10-18)22-13-3-4-14-22/h3-14H,15H2,1-2H3. The number of carbonyl (C=O) groups excluding carboxylic acids is 1. The zero-order valence-corrected chi connectivity index (χ0v) is 13.4. The molecule has 1 amide bonds. The first-order valence-electron chi connectivity index (χ1n) is 7.68. The highest BCUT2D eigenvalue weighted by atomic mass is 16.2. The van der Waals surface area contributed by atoms with E-state index in [9.17, 15) is 4.79 Å². The lowest BCUT2D eigenvalue weighted by molar-refractivity contribution is 0.0785. The molecule has 1 heterocycles. The Morgan fingerprint density at radius 1 is 0.957 bits per heavy atom. The van der Waals surface area contributed by atoms with Crippen molar-refractivity contribution in [2.24, 2.45) is 0 Å². The van der Waals surface area contributed by atoms with E-state index < -0.39 is 0 Å². The van der Waals surface area contributed by atoms with Crippen LogP contribution in [0.1, 0.15) is 21.5 Å². The third kappa shape index (κ3) is 3.51. The second-order valence-corrected chi connectivity index (χ2v) is 5.78. The fourth-order valence-corrected chi connectivity index (χ4v) is 2.54. The van der Waals surface area contributed by atoms with E-state index >= 15 is 0 Å². The number of hydrogen-bond donors (Lipinski definition) is 0. The molecular formula is C20H20N2O. The Balaban J connectivity index is 1.70. The summed E-state index contributed by atoms with van der Waals surface area (Å²) < 4.78 is 2.02. The highest BCUT2D eigenvalue weighted by Gasteiger charge is 2.12. The number of amides is 1. The van der Waals surface area contributed by atoms with Gasteiger partial charge in [0.25, 0.3) is 5.91 Å². The van der Waals surface area contributed by atoms with Gasteiger partial charge >= 0.3 is 0 Å². The van der Waals surface area contributed by atoms with E-state index in [4.69, 9.17) is 0 Å². The number of benzene rings is 2. The average Bonchev–Trinajstić information content (AvgIpc) is 3.11. The average molecular weight is 304 g/mol. The number of aryl methyl sites for hydroxylation is 1. The normalized spacial score (nSPS) is 10.5. The van der Waals surface area contributed by atoms with Crippen molar-refractivity contribution in [1.29, 1.82) is 0 Å². The van der Waals surface area contributed by atoms with Crippen molar-refractivity contribution >= 4 is 5.91 Å². The lowest BCUT2D eigenvalue weighted by Crippen LogP contribution is -2.26. The van der Waals surface area contributed by atoms with Gasteiger partial charge in [0.1, 0.15) is 0 Å². The molecule has 0 N–H and O–H groups in total. The topological polar surface area (TPSA) is 25.2 Å². The van der Waals surface area contributed by atoms with Crippen LogP contribution in [0.15, 0.2) is 73.1 Å². The molecule has 0 aliphatic rings. The lowest BCUT2D eigenvalue weighted by Gasteiger charge is -2.17. The molecule has 3 heteroatoms. The predicted octanol–water partition coefficient (Wildman–Crippen LogP) is 4.06. The Morgan fingerprint density at radius 2 is 1.57 bits per heavy atom. The second-order valence-electron chi connectivity index (χ2n) is 5.78. The molecule has 0 saturated heterocycles. The van der Waals surface area contributed by atoms with E-state index in [1.807, 2.05) is 60.4 Å². The van der Waals surface area contributed by atoms with E-state index in [2.05, 4.69) is 31.2 Å². The van der Waals surface area contributed by atoms with Crippen LogP contribution in [0, 0.1) is 6.92 Å². The predicted molar refractivity (Wildman–Crippen MR) is 92.7 cm³/mol. The Hall–Kier alpha value is -2.81. The Kier molecular flexibility index (Phi) is 4.29. The monoisotopic (exact) mass is 304 g/mol. The summed E-state index contributed by atoms with van der Waals surface area (Å²) in [6.07, 6.45) is 3.97. The van der Waals surface area contributed by atoms with Gasteiger partial charge in [-0.3, -0.25) is 4.79 Å². The molecule has 3 aromatic rings. The number of hydrogen-bond acceptors (Lipinski definition) is 1. The summed E-state index contributed by atoms with van der Waals surface area (Å²) in [6, 6.07) is 19.9. The smallest absolute Gasteiger partial charge is 0.253 e. The van der Waals surface area contributed by atoms with Crippen LogP contribution in [0.2, 0.25) is 0 Å². The van der Waals surface area contributed by atoms with Crippen LogP contribution in [-0.2, 0) is 6.54 Å². The van der Waals surface area contributed by atoms with Crippen molar-refractivity contribution in [2.75, 3.05) is 7.05 Å². The van der Waals surface area contributed by atoms with Crippen molar-refractivity contribution in [3.05, 3.63) is 89.7 Å². The molecule has 0 fully saturated rings. The molecule has 2 aromatic carbocycles. The molecule has 0 bridgehead atoms. The third-order valence-electron chi connectivity index (χ3n) is 3.90. The quantitative estimate of drug-likeness (QED) is 0.713. The fourth-order valence-electron chi connectivity index (χ4n) is 2.54. The molecule has 3 rings (SSSR count). The molecule has 0 aliphatic carbocycles. The SMILES string of the molecule is Cc1ccc(CN(C)C(=O)c2ccc(-n3cccc3)cc2)cc1. The number of nitrogens with zero attached hydrogens (tertiary/aromatic N) is 2. The van der Waals surface area contributed by atoms with Crippen LogP contribution in [0.5, 0.6) is 0 Å². The minimum atomic E-state index is 0.0321. The first-order valence-corrected chi connectivity index (χ1v) is 7.68. The molecule has 0 unspecified atom stereocenters. The fraction of sp³-hybridized carbons (Fsp3) is 0.150. The van der Waals surface area contributed by atoms with E-state index in [1.54, 1.807) is 4.90 Å². The molecular weight excluding hydrogens is 284 g/mol. The van der Waals surface area contributed by atoms with Gasteiger partial charge in [-0.15, -0.1) is 0 Å². The summed E-state index contributed by atoms with van der Waals surface area (Å²) >= 11 is 0. The summed E-state index contributed by atoms with van der Waals surface area (Å²) in [5.41, 5.74) is 4.11. The molecule has 0 atom stereocenters. The minimum Gasteiger partial charge on any atom is -0.337 e. The molecule has 116 valence electrons. The molecule has 23 heavy (non-hydrogen) atoms. The minimum absolute atomic E-state index is 0.0321. The summed E-state index contributed by atoms with van der Waals surface area (Å²) in [6.45, 7) is 2.67. The van der Waals surface area contributed by atoms with Gasteiger partial charge in [-0.05, 0) is 48.9 Å². The first-order chi connectivity index (χ1) is 11.1. The van der Waals surface area contributed by atoms with Gasteiger partial charge in [-0.2, -0.15) is 0 Å². The Morgan fingerprint density at radius 3 is 2.17 bits per heavy atom. The van der Waals surface area contributed by atoms with Crippen LogP contribution in [0.4, 0.5) is 0 Å². The summed E-state index contributed by atoms with van der Waals surface area (Å²) in [7, 11) is 1.84. The van der Waals surface area contributed by atoms with Gasteiger partial charge in [0.05, 0.1) is 0 Å².